The van der Waals surface area contributed by atoms with E-state index < -0.39 is 0 Å². The summed E-state index contributed by atoms with van der Waals surface area (Å²) in [4.78, 5) is 17.2. The molecule has 170 valence electrons. The summed E-state index contributed by atoms with van der Waals surface area (Å²) in [6, 6.07) is 14.6. The Kier molecular flexibility index (Phi) is 6.30. The summed E-state index contributed by atoms with van der Waals surface area (Å²) in [5.74, 6) is 2.25. The summed E-state index contributed by atoms with van der Waals surface area (Å²) in [5, 5.41) is 6.98. The Balaban J connectivity index is 1.53. The lowest BCUT2D eigenvalue weighted by Gasteiger charge is -2.12. The monoisotopic (exact) mass is 448 g/mol. The fraction of sp³-hybridized carbons (Fsp3) is 0.208. The van der Waals surface area contributed by atoms with E-state index in [0.29, 0.717) is 45.9 Å². The molecule has 0 atom stereocenters. The molecule has 9 nitrogen and oxygen atoms in total. The van der Waals surface area contributed by atoms with Gasteiger partial charge < -0.3 is 28.6 Å². The van der Waals surface area contributed by atoms with E-state index in [0.717, 1.165) is 5.56 Å². The second-order valence-electron chi connectivity index (χ2n) is 7.27. The summed E-state index contributed by atoms with van der Waals surface area (Å²) in [5.41, 5.74) is 2.97. The minimum atomic E-state index is -0.212. The number of amides is 1. The van der Waals surface area contributed by atoms with Crippen molar-refractivity contribution in [1.29, 1.82) is 0 Å². The topological polar surface area (TPSA) is 101 Å². The van der Waals surface area contributed by atoms with Gasteiger partial charge in [-0.05, 0) is 55.0 Å². The molecule has 0 bridgehead atoms. The molecule has 4 rings (SSSR count). The van der Waals surface area contributed by atoms with Gasteiger partial charge in [0.1, 0.15) is 18.0 Å². The van der Waals surface area contributed by atoms with Crippen molar-refractivity contribution in [2.75, 3.05) is 26.6 Å². The van der Waals surface area contributed by atoms with Crippen LogP contribution in [-0.2, 0) is 11.3 Å². The van der Waals surface area contributed by atoms with Gasteiger partial charge in [-0.1, -0.05) is 11.2 Å². The average molecular weight is 448 g/mol. The summed E-state index contributed by atoms with van der Waals surface area (Å²) in [6.45, 7) is 2.01. The van der Waals surface area contributed by atoms with Crippen LogP contribution in [-0.4, -0.2) is 41.9 Å². The van der Waals surface area contributed by atoms with Gasteiger partial charge in [0, 0.05) is 11.8 Å². The number of aryl methyl sites for hydroxylation is 1. The number of rotatable bonds is 8. The zero-order valence-corrected chi connectivity index (χ0v) is 18.8. The van der Waals surface area contributed by atoms with Crippen LogP contribution in [0.15, 0.2) is 59.3 Å². The lowest BCUT2D eigenvalue weighted by molar-refractivity contribution is -0.116. The maximum absolute atomic E-state index is 12.7. The molecule has 0 unspecified atom stereocenters. The van der Waals surface area contributed by atoms with Crippen LogP contribution in [0.25, 0.3) is 23.0 Å². The van der Waals surface area contributed by atoms with E-state index >= 15 is 0 Å². The number of hydrogen-bond acceptors (Lipinski definition) is 7. The van der Waals surface area contributed by atoms with Crippen molar-refractivity contribution in [3.05, 3.63) is 60.3 Å². The lowest BCUT2D eigenvalue weighted by atomic mass is 10.2. The van der Waals surface area contributed by atoms with Gasteiger partial charge in [0.05, 0.1) is 27.0 Å². The van der Waals surface area contributed by atoms with Crippen molar-refractivity contribution in [3.63, 3.8) is 0 Å². The average Bonchev–Trinajstić information content (AvgIpc) is 3.48. The van der Waals surface area contributed by atoms with E-state index in [1.807, 2.05) is 43.3 Å². The Hall–Kier alpha value is -4.27. The highest BCUT2D eigenvalue weighted by atomic mass is 16.5. The number of nitrogens with one attached hydrogen (secondary N) is 1. The third kappa shape index (κ3) is 4.67. The number of methoxy groups -OCH3 is 3. The smallest absolute Gasteiger partial charge is 0.274 e. The highest BCUT2D eigenvalue weighted by molar-refractivity contribution is 5.92. The normalized spacial score (nSPS) is 10.7. The molecule has 2 aromatic carbocycles. The van der Waals surface area contributed by atoms with E-state index in [4.69, 9.17) is 18.7 Å². The predicted molar refractivity (Wildman–Crippen MR) is 123 cm³/mol. The Morgan fingerprint density at radius 3 is 2.52 bits per heavy atom. The van der Waals surface area contributed by atoms with Gasteiger partial charge in [-0.15, -0.1) is 0 Å². The van der Waals surface area contributed by atoms with Gasteiger partial charge in [-0.25, -0.2) is 0 Å². The molecule has 0 saturated heterocycles. The van der Waals surface area contributed by atoms with Crippen molar-refractivity contribution < 1.29 is 23.5 Å². The Labute approximate surface area is 190 Å². The van der Waals surface area contributed by atoms with Crippen LogP contribution in [0.4, 0.5) is 5.69 Å². The van der Waals surface area contributed by atoms with E-state index in [-0.39, 0.29) is 12.5 Å². The number of carbonyl (C=O) groups is 1. The highest BCUT2D eigenvalue weighted by Crippen LogP contribution is 2.32. The van der Waals surface area contributed by atoms with E-state index in [9.17, 15) is 4.79 Å². The van der Waals surface area contributed by atoms with Crippen LogP contribution in [0, 0.1) is 6.92 Å². The second kappa shape index (κ2) is 9.47. The van der Waals surface area contributed by atoms with Crippen LogP contribution < -0.4 is 19.5 Å². The number of benzene rings is 2. The number of anilines is 1. The standard InChI is InChI=1S/C24H24N4O5/c1-15-7-9-19(30-2)17(12-15)25-22(29)14-28-11-5-6-18(28)24-26-23(27-33-24)16-8-10-20(31-3)21(13-16)32-4/h5-13H,14H2,1-4H3,(H,25,29). The minimum absolute atomic E-state index is 0.0630. The first kappa shape index (κ1) is 21.9. The van der Waals surface area contributed by atoms with Crippen molar-refractivity contribution in [2.45, 2.75) is 13.5 Å². The molecule has 0 radical (unpaired) electrons. The third-order valence-electron chi connectivity index (χ3n) is 5.06. The zero-order chi connectivity index (χ0) is 23.4. The molecule has 4 aromatic rings. The number of carbonyl (C=O) groups excluding carboxylic acids is 1. The van der Waals surface area contributed by atoms with Crippen LogP contribution >= 0.6 is 0 Å². The molecule has 1 N–H and O–H groups in total. The Morgan fingerprint density at radius 2 is 1.76 bits per heavy atom. The summed E-state index contributed by atoms with van der Waals surface area (Å²) < 4.78 is 23.2. The molecule has 0 aliphatic carbocycles. The predicted octanol–water partition coefficient (Wildman–Crippen LogP) is 4.18. The van der Waals surface area contributed by atoms with E-state index in [1.54, 1.807) is 44.2 Å². The van der Waals surface area contributed by atoms with Crippen LogP contribution in [0.2, 0.25) is 0 Å². The maximum Gasteiger partial charge on any atom is 0.274 e. The summed E-state index contributed by atoms with van der Waals surface area (Å²) >= 11 is 0. The molecule has 0 spiro atoms. The van der Waals surface area contributed by atoms with Crippen molar-refractivity contribution in [3.8, 4) is 40.2 Å². The molecule has 0 aliphatic rings. The summed E-state index contributed by atoms with van der Waals surface area (Å²) in [6.07, 6.45) is 1.78. The molecule has 1 amide bonds. The number of aromatic nitrogens is 3. The molecule has 2 heterocycles. The number of ether oxygens (including phenoxy) is 3. The molecule has 0 aliphatic heterocycles. The first-order valence-electron chi connectivity index (χ1n) is 10.2. The largest absolute Gasteiger partial charge is 0.495 e. The van der Waals surface area contributed by atoms with Crippen molar-refractivity contribution >= 4 is 11.6 Å². The first-order valence-corrected chi connectivity index (χ1v) is 10.2. The van der Waals surface area contributed by atoms with Gasteiger partial charge in [0.15, 0.2) is 11.5 Å². The minimum Gasteiger partial charge on any atom is -0.495 e. The molecular formula is C24H24N4O5. The lowest BCUT2D eigenvalue weighted by Crippen LogP contribution is -2.19. The fourth-order valence-electron chi connectivity index (χ4n) is 3.43. The van der Waals surface area contributed by atoms with Gasteiger partial charge in [0.2, 0.25) is 11.7 Å². The molecule has 33 heavy (non-hydrogen) atoms. The first-order chi connectivity index (χ1) is 16.0. The summed E-state index contributed by atoms with van der Waals surface area (Å²) in [7, 11) is 4.70. The van der Waals surface area contributed by atoms with E-state index in [1.165, 1.54) is 0 Å². The number of nitrogens with zero attached hydrogens (tertiary/aromatic N) is 3. The van der Waals surface area contributed by atoms with E-state index in [2.05, 4.69) is 15.5 Å². The maximum atomic E-state index is 12.7. The van der Waals surface area contributed by atoms with Crippen molar-refractivity contribution in [2.24, 2.45) is 0 Å². The SMILES string of the molecule is COc1ccc(C)cc1NC(=O)Cn1cccc1-c1nc(-c2ccc(OC)c(OC)c2)no1. The molecular weight excluding hydrogens is 424 g/mol. The van der Waals surface area contributed by atoms with Gasteiger partial charge >= 0.3 is 0 Å². The molecule has 9 heteroatoms. The fourth-order valence-corrected chi connectivity index (χ4v) is 3.43. The van der Waals surface area contributed by atoms with Gasteiger partial charge in [-0.2, -0.15) is 4.98 Å². The van der Waals surface area contributed by atoms with Crippen LogP contribution in [0.1, 0.15) is 5.56 Å². The second-order valence-corrected chi connectivity index (χ2v) is 7.27. The quantitative estimate of drug-likeness (QED) is 0.432. The Bertz CT molecular complexity index is 1280. The Morgan fingerprint density at radius 1 is 1.00 bits per heavy atom. The third-order valence-corrected chi connectivity index (χ3v) is 5.06. The molecule has 0 saturated carbocycles. The highest BCUT2D eigenvalue weighted by Gasteiger charge is 2.17. The van der Waals surface area contributed by atoms with Gasteiger partial charge in [-0.3, -0.25) is 4.79 Å². The number of hydrogen-bond donors (Lipinski definition) is 1. The molecule has 0 fully saturated rings. The van der Waals surface area contributed by atoms with Crippen LogP contribution in [0.3, 0.4) is 0 Å². The molecule has 2 aromatic heterocycles. The van der Waals surface area contributed by atoms with Crippen LogP contribution in [0.5, 0.6) is 17.2 Å². The zero-order valence-electron chi connectivity index (χ0n) is 18.8. The van der Waals surface area contributed by atoms with Crippen molar-refractivity contribution in [1.82, 2.24) is 14.7 Å². The van der Waals surface area contributed by atoms with Gasteiger partial charge in [0.25, 0.3) is 5.89 Å².